The van der Waals surface area contributed by atoms with Gasteiger partial charge in [0.2, 0.25) is 0 Å². The molecule has 1 fully saturated rings. The van der Waals surface area contributed by atoms with Gasteiger partial charge in [0, 0.05) is 6.61 Å². The minimum absolute atomic E-state index is 0. The molecule has 1 saturated heterocycles. The number of halogens is 5. The van der Waals surface area contributed by atoms with Crippen molar-refractivity contribution in [2.24, 2.45) is 0 Å². The molecule has 1 atom stereocenters. The highest BCUT2D eigenvalue weighted by Gasteiger charge is 2.32. The Morgan fingerprint density at radius 3 is 2.18 bits per heavy atom. The van der Waals surface area contributed by atoms with Crippen molar-refractivity contribution in [2.75, 3.05) is 24.7 Å². The van der Waals surface area contributed by atoms with Crippen LogP contribution in [0.1, 0.15) is 24.8 Å². The van der Waals surface area contributed by atoms with Crippen molar-refractivity contribution >= 4 is 36.2 Å². The lowest BCUT2D eigenvalue weighted by Crippen LogP contribution is -2.26. The predicted molar refractivity (Wildman–Crippen MR) is 83.9 cm³/mol. The summed E-state index contributed by atoms with van der Waals surface area (Å²) in [6.07, 6.45) is -1.62. The molecule has 128 valence electrons. The van der Waals surface area contributed by atoms with Crippen molar-refractivity contribution in [1.29, 1.82) is 0 Å². The summed E-state index contributed by atoms with van der Waals surface area (Å²) in [7, 11) is 0. The second-order valence-corrected chi connectivity index (χ2v) is 4.78. The summed E-state index contributed by atoms with van der Waals surface area (Å²) in [6.45, 7) is 0.908. The van der Waals surface area contributed by atoms with Gasteiger partial charge >= 0.3 is 6.18 Å². The Kier molecular flexibility index (Phi) is 8.14. The van der Waals surface area contributed by atoms with E-state index in [1.165, 1.54) is 0 Å². The molecular weight excluding hydrogens is 344 g/mol. The summed E-state index contributed by atoms with van der Waals surface area (Å²) in [4.78, 5) is 0. The van der Waals surface area contributed by atoms with Crippen molar-refractivity contribution in [3.8, 4) is 5.75 Å². The molecule has 0 aliphatic carbocycles. The van der Waals surface area contributed by atoms with Gasteiger partial charge in [0.1, 0.15) is 6.61 Å². The third-order valence-electron chi connectivity index (χ3n) is 3.16. The molecule has 4 nitrogen and oxygen atoms in total. The molecule has 22 heavy (non-hydrogen) atoms. The normalized spacial score (nSPS) is 18.0. The van der Waals surface area contributed by atoms with E-state index in [-0.39, 0.29) is 54.6 Å². The monoisotopic (exact) mass is 362 g/mol. The highest BCUT2D eigenvalue weighted by molar-refractivity contribution is 5.85. The Bertz CT molecular complexity index is 458. The minimum atomic E-state index is -4.48. The van der Waals surface area contributed by atoms with E-state index in [1.807, 2.05) is 0 Å². The minimum Gasteiger partial charge on any atom is -0.487 e. The molecule has 4 N–H and O–H groups in total. The zero-order chi connectivity index (χ0) is 14.8. The van der Waals surface area contributed by atoms with Crippen molar-refractivity contribution in [3.63, 3.8) is 0 Å². The van der Waals surface area contributed by atoms with Crippen LogP contribution in [0.25, 0.3) is 0 Å². The first-order valence-electron chi connectivity index (χ1n) is 6.38. The first kappa shape index (κ1) is 20.9. The van der Waals surface area contributed by atoms with Gasteiger partial charge in [-0.05, 0) is 31.4 Å². The number of ether oxygens (including phenoxy) is 2. The smallest absolute Gasteiger partial charge is 0.416 e. The number of alkyl halides is 3. The first-order chi connectivity index (χ1) is 9.38. The Labute approximate surface area is 139 Å². The van der Waals surface area contributed by atoms with Crippen LogP contribution in [-0.2, 0) is 10.9 Å². The summed E-state index contributed by atoms with van der Waals surface area (Å²) in [5.74, 6) is 0.0900. The van der Waals surface area contributed by atoms with Gasteiger partial charge in [-0.25, -0.2) is 0 Å². The zero-order valence-electron chi connectivity index (χ0n) is 11.7. The SMILES string of the molecule is Cl.Cl.Nc1cc(C(F)(F)F)cc(N)c1OCC1CCCCO1. The topological polar surface area (TPSA) is 70.5 Å². The quantitative estimate of drug-likeness (QED) is 0.804. The fourth-order valence-corrected chi connectivity index (χ4v) is 2.12. The van der Waals surface area contributed by atoms with Crippen LogP contribution >= 0.6 is 24.8 Å². The Balaban J connectivity index is 0.00000220. The number of rotatable bonds is 3. The van der Waals surface area contributed by atoms with Crippen LogP contribution in [0, 0.1) is 0 Å². The number of hydrogen-bond donors (Lipinski definition) is 2. The van der Waals surface area contributed by atoms with Crippen LogP contribution in [-0.4, -0.2) is 19.3 Å². The summed E-state index contributed by atoms with van der Waals surface area (Å²) < 4.78 is 48.7. The predicted octanol–water partition coefficient (Wildman–Crippen LogP) is 3.66. The standard InChI is InChI=1S/C13H17F3N2O2.2ClH/c14-13(15,16)8-5-10(17)12(11(18)6-8)20-7-9-3-1-2-4-19-9;;/h5-6,9H,1-4,7,17-18H2;2*1H. The second-order valence-electron chi connectivity index (χ2n) is 4.78. The van der Waals surface area contributed by atoms with E-state index in [4.69, 9.17) is 20.9 Å². The maximum atomic E-state index is 12.6. The Hall–Kier alpha value is -1.05. The van der Waals surface area contributed by atoms with Crippen molar-refractivity contribution < 1.29 is 22.6 Å². The molecular formula is C13H19Cl2F3N2O2. The molecule has 1 heterocycles. The molecule has 1 aliphatic heterocycles. The maximum absolute atomic E-state index is 12.6. The van der Waals surface area contributed by atoms with Crippen molar-refractivity contribution in [2.45, 2.75) is 31.5 Å². The van der Waals surface area contributed by atoms with Crippen LogP contribution < -0.4 is 16.2 Å². The van der Waals surface area contributed by atoms with Gasteiger partial charge in [-0.15, -0.1) is 24.8 Å². The summed E-state index contributed by atoms with van der Waals surface area (Å²) in [5, 5.41) is 0. The molecule has 1 aromatic carbocycles. The van der Waals surface area contributed by atoms with Crippen molar-refractivity contribution in [3.05, 3.63) is 17.7 Å². The Morgan fingerprint density at radius 2 is 1.73 bits per heavy atom. The molecule has 0 saturated carbocycles. The molecule has 1 unspecified atom stereocenters. The van der Waals surface area contributed by atoms with Gasteiger partial charge in [0.25, 0.3) is 0 Å². The summed E-state index contributed by atoms with van der Waals surface area (Å²) >= 11 is 0. The van der Waals surface area contributed by atoms with Crippen LogP contribution in [0.15, 0.2) is 12.1 Å². The summed E-state index contributed by atoms with van der Waals surface area (Å²) in [6, 6.07) is 1.65. The van der Waals surface area contributed by atoms with Gasteiger partial charge in [0.15, 0.2) is 5.75 Å². The lowest BCUT2D eigenvalue weighted by molar-refractivity contribution is -0.137. The van der Waals surface area contributed by atoms with Gasteiger partial charge < -0.3 is 20.9 Å². The van der Waals surface area contributed by atoms with Crippen LogP contribution in [0.2, 0.25) is 0 Å². The van der Waals surface area contributed by atoms with Gasteiger partial charge in [-0.1, -0.05) is 0 Å². The lowest BCUT2D eigenvalue weighted by atomic mass is 10.1. The van der Waals surface area contributed by atoms with E-state index in [0.29, 0.717) is 6.61 Å². The molecule has 1 aromatic rings. The average Bonchev–Trinajstić information content (AvgIpc) is 2.37. The molecule has 0 amide bonds. The highest BCUT2D eigenvalue weighted by Crippen LogP contribution is 2.38. The molecule has 2 rings (SSSR count). The van der Waals surface area contributed by atoms with Gasteiger partial charge in [-0.3, -0.25) is 0 Å². The van der Waals surface area contributed by atoms with E-state index < -0.39 is 11.7 Å². The number of benzene rings is 1. The molecule has 9 heteroatoms. The number of nitrogen functional groups attached to an aromatic ring is 2. The summed E-state index contributed by atoms with van der Waals surface area (Å²) in [5.41, 5.74) is 10.1. The van der Waals surface area contributed by atoms with Gasteiger partial charge in [-0.2, -0.15) is 13.2 Å². The molecule has 0 aromatic heterocycles. The van der Waals surface area contributed by atoms with E-state index in [9.17, 15) is 13.2 Å². The van der Waals surface area contributed by atoms with E-state index >= 15 is 0 Å². The zero-order valence-corrected chi connectivity index (χ0v) is 13.3. The second kappa shape index (κ2) is 8.55. The van der Waals surface area contributed by atoms with Crippen LogP contribution in [0.4, 0.5) is 24.5 Å². The van der Waals surface area contributed by atoms with Crippen molar-refractivity contribution in [1.82, 2.24) is 0 Å². The third-order valence-corrected chi connectivity index (χ3v) is 3.16. The fraction of sp³-hybridized carbons (Fsp3) is 0.538. The Morgan fingerprint density at radius 1 is 1.14 bits per heavy atom. The molecule has 0 radical (unpaired) electrons. The van der Waals surface area contributed by atoms with Crippen LogP contribution in [0.3, 0.4) is 0 Å². The van der Waals surface area contributed by atoms with E-state index in [1.54, 1.807) is 0 Å². The fourth-order valence-electron chi connectivity index (χ4n) is 2.12. The third kappa shape index (κ3) is 5.30. The van der Waals surface area contributed by atoms with E-state index in [0.717, 1.165) is 31.4 Å². The molecule has 0 spiro atoms. The largest absolute Gasteiger partial charge is 0.487 e. The highest BCUT2D eigenvalue weighted by atomic mass is 35.5. The molecule has 1 aliphatic rings. The average molecular weight is 363 g/mol. The lowest BCUT2D eigenvalue weighted by Gasteiger charge is -2.23. The maximum Gasteiger partial charge on any atom is 0.416 e. The molecule has 0 bridgehead atoms. The van der Waals surface area contributed by atoms with Crippen LogP contribution in [0.5, 0.6) is 5.75 Å². The van der Waals surface area contributed by atoms with Gasteiger partial charge in [0.05, 0.1) is 23.0 Å². The number of hydrogen-bond acceptors (Lipinski definition) is 4. The van der Waals surface area contributed by atoms with E-state index in [2.05, 4.69) is 0 Å². The first-order valence-corrected chi connectivity index (χ1v) is 6.38. The number of nitrogens with two attached hydrogens (primary N) is 2. The number of anilines is 2.